The van der Waals surface area contributed by atoms with E-state index in [1.165, 1.54) is 12.8 Å². The standard InChI is InChI=1S/C15H21N3/c1-3-18(12-15(7-8-15)9-10-16)11-14-6-4-5-13(2)17-14/h4-6H,3,7-9,11-12H2,1-2H3. The van der Waals surface area contributed by atoms with Crippen LogP contribution in [0.1, 0.15) is 37.6 Å². The Labute approximate surface area is 109 Å². The van der Waals surface area contributed by atoms with Gasteiger partial charge >= 0.3 is 0 Å². The van der Waals surface area contributed by atoms with Crippen LogP contribution in [0.25, 0.3) is 0 Å². The van der Waals surface area contributed by atoms with Gasteiger partial charge in [0.2, 0.25) is 0 Å². The van der Waals surface area contributed by atoms with Gasteiger partial charge in [-0.2, -0.15) is 5.26 Å². The van der Waals surface area contributed by atoms with Crippen molar-refractivity contribution in [3.63, 3.8) is 0 Å². The smallest absolute Gasteiger partial charge is 0.0628 e. The van der Waals surface area contributed by atoms with Gasteiger partial charge in [-0.05, 0) is 43.9 Å². The molecular formula is C15H21N3. The molecule has 0 amide bonds. The van der Waals surface area contributed by atoms with Gasteiger partial charge in [0.05, 0.1) is 11.8 Å². The molecule has 0 N–H and O–H groups in total. The van der Waals surface area contributed by atoms with Gasteiger partial charge in [-0.1, -0.05) is 13.0 Å². The van der Waals surface area contributed by atoms with Crippen molar-refractivity contribution in [2.75, 3.05) is 13.1 Å². The van der Waals surface area contributed by atoms with Gasteiger partial charge in [-0.15, -0.1) is 0 Å². The second kappa shape index (κ2) is 5.49. The first-order valence-corrected chi connectivity index (χ1v) is 6.69. The Morgan fingerprint density at radius 3 is 2.78 bits per heavy atom. The van der Waals surface area contributed by atoms with Gasteiger partial charge in [0.1, 0.15) is 0 Å². The Kier molecular flexibility index (Phi) is 3.98. The molecule has 1 aromatic heterocycles. The number of hydrogen-bond acceptors (Lipinski definition) is 3. The molecule has 1 aliphatic carbocycles. The Hall–Kier alpha value is -1.40. The first-order chi connectivity index (χ1) is 8.67. The molecule has 3 nitrogen and oxygen atoms in total. The van der Waals surface area contributed by atoms with Crippen LogP contribution in [0.4, 0.5) is 0 Å². The third-order valence-corrected chi connectivity index (χ3v) is 3.75. The highest BCUT2D eigenvalue weighted by molar-refractivity contribution is 5.10. The highest BCUT2D eigenvalue weighted by atomic mass is 15.1. The van der Waals surface area contributed by atoms with Crippen LogP contribution in [0.2, 0.25) is 0 Å². The molecule has 0 aromatic carbocycles. The second-order valence-electron chi connectivity index (χ2n) is 5.41. The van der Waals surface area contributed by atoms with E-state index in [0.29, 0.717) is 6.42 Å². The van der Waals surface area contributed by atoms with Crippen molar-refractivity contribution in [1.29, 1.82) is 5.26 Å². The van der Waals surface area contributed by atoms with Crippen LogP contribution in [0.5, 0.6) is 0 Å². The van der Waals surface area contributed by atoms with Crippen LogP contribution in [0.3, 0.4) is 0 Å². The lowest BCUT2D eigenvalue weighted by molar-refractivity contribution is 0.220. The average Bonchev–Trinajstić information content (AvgIpc) is 3.09. The predicted octanol–water partition coefficient (Wildman–Crippen LogP) is 2.91. The van der Waals surface area contributed by atoms with Crippen molar-refractivity contribution in [1.82, 2.24) is 9.88 Å². The number of hydrogen-bond donors (Lipinski definition) is 0. The Morgan fingerprint density at radius 2 is 2.22 bits per heavy atom. The van der Waals surface area contributed by atoms with E-state index < -0.39 is 0 Å². The fourth-order valence-electron chi connectivity index (χ4n) is 2.41. The summed E-state index contributed by atoms with van der Waals surface area (Å²) in [6.07, 6.45) is 3.11. The lowest BCUT2D eigenvalue weighted by atomic mass is 10.0. The molecule has 0 bridgehead atoms. The molecule has 0 atom stereocenters. The third-order valence-electron chi connectivity index (χ3n) is 3.75. The normalized spacial score (nSPS) is 16.6. The number of pyridine rings is 1. The topological polar surface area (TPSA) is 39.9 Å². The molecule has 0 spiro atoms. The maximum Gasteiger partial charge on any atom is 0.0628 e. The average molecular weight is 243 g/mol. The lowest BCUT2D eigenvalue weighted by Gasteiger charge is -2.24. The summed E-state index contributed by atoms with van der Waals surface area (Å²) in [4.78, 5) is 6.96. The zero-order chi connectivity index (χ0) is 13.0. The lowest BCUT2D eigenvalue weighted by Crippen LogP contribution is -2.30. The zero-order valence-corrected chi connectivity index (χ0v) is 11.3. The van der Waals surface area contributed by atoms with Crippen molar-refractivity contribution in [2.24, 2.45) is 5.41 Å². The van der Waals surface area contributed by atoms with Crippen LogP contribution in [-0.4, -0.2) is 23.0 Å². The van der Waals surface area contributed by atoms with E-state index in [9.17, 15) is 0 Å². The van der Waals surface area contributed by atoms with Gasteiger partial charge in [0, 0.05) is 25.2 Å². The van der Waals surface area contributed by atoms with Crippen LogP contribution >= 0.6 is 0 Å². The van der Waals surface area contributed by atoms with E-state index in [1.54, 1.807) is 0 Å². The van der Waals surface area contributed by atoms with E-state index in [1.807, 2.05) is 13.0 Å². The maximum absolute atomic E-state index is 8.87. The minimum absolute atomic E-state index is 0.286. The summed E-state index contributed by atoms with van der Waals surface area (Å²) < 4.78 is 0. The minimum Gasteiger partial charge on any atom is -0.297 e. The van der Waals surface area contributed by atoms with Gasteiger partial charge < -0.3 is 0 Å². The number of nitrogens with zero attached hydrogens (tertiary/aromatic N) is 3. The number of nitriles is 1. The molecule has 0 aliphatic heterocycles. The molecule has 0 radical (unpaired) electrons. The predicted molar refractivity (Wildman–Crippen MR) is 71.8 cm³/mol. The van der Waals surface area contributed by atoms with Crippen LogP contribution < -0.4 is 0 Å². The molecular weight excluding hydrogens is 222 g/mol. The Bertz CT molecular complexity index is 443. The molecule has 1 saturated carbocycles. The third kappa shape index (κ3) is 3.30. The minimum atomic E-state index is 0.286. The van der Waals surface area contributed by atoms with E-state index in [4.69, 9.17) is 5.26 Å². The van der Waals surface area contributed by atoms with Gasteiger partial charge in [-0.25, -0.2) is 0 Å². The summed E-state index contributed by atoms with van der Waals surface area (Å²) in [6, 6.07) is 8.50. The summed E-state index contributed by atoms with van der Waals surface area (Å²) in [5.41, 5.74) is 2.49. The van der Waals surface area contributed by atoms with Crippen molar-refractivity contribution >= 4 is 0 Å². The molecule has 1 aliphatic rings. The molecule has 0 unspecified atom stereocenters. The molecule has 1 heterocycles. The summed E-state index contributed by atoms with van der Waals surface area (Å²) in [5, 5.41) is 8.87. The molecule has 0 saturated heterocycles. The molecule has 18 heavy (non-hydrogen) atoms. The number of aryl methyl sites for hydroxylation is 1. The maximum atomic E-state index is 8.87. The zero-order valence-electron chi connectivity index (χ0n) is 11.3. The SMILES string of the molecule is CCN(Cc1cccc(C)n1)CC1(CC#N)CC1. The second-order valence-corrected chi connectivity index (χ2v) is 5.41. The van der Waals surface area contributed by atoms with Crippen molar-refractivity contribution in [3.05, 3.63) is 29.6 Å². The van der Waals surface area contributed by atoms with Gasteiger partial charge in [0.15, 0.2) is 0 Å². The fourth-order valence-corrected chi connectivity index (χ4v) is 2.41. The largest absolute Gasteiger partial charge is 0.297 e. The monoisotopic (exact) mass is 243 g/mol. The van der Waals surface area contributed by atoms with Crippen LogP contribution in [0, 0.1) is 23.7 Å². The fraction of sp³-hybridized carbons (Fsp3) is 0.600. The number of rotatable bonds is 6. The first kappa shape index (κ1) is 13.0. The summed E-state index contributed by atoms with van der Waals surface area (Å²) in [7, 11) is 0. The van der Waals surface area contributed by atoms with E-state index in [2.05, 4.69) is 35.0 Å². The highest BCUT2D eigenvalue weighted by Gasteiger charge is 2.43. The van der Waals surface area contributed by atoms with E-state index >= 15 is 0 Å². The summed E-state index contributed by atoms with van der Waals surface area (Å²) in [5.74, 6) is 0. The molecule has 1 fully saturated rings. The Balaban J connectivity index is 1.96. The molecule has 1 aromatic rings. The molecule has 3 heteroatoms. The van der Waals surface area contributed by atoms with Gasteiger partial charge in [-0.3, -0.25) is 9.88 Å². The van der Waals surface area contributed by atoms with Crippen molar-refractivity contribution in [2.45, 2.75) is 39.7 Å². The summed E-state index contributed by atoms with van der Waals surface area (Å²) in [6.45, 7) is 7.15. The van der Waals surface area contributed by atoms with E-state index in [0.717, 1.165) is 31.0 Å². The van der Waals surface area contributed by atoms with Crippen molar-refractivity contribution < 1.29 is 0 Å². The number of aromatic nitrogens is 1. The summed E-state index contributed by atoms with van der Waals surface area (Å²) >= 11 is 0. The van der Waals surface area contributed by atoms with E-state index in [-0.39, 0.29) is 5.41 Å². The highest BCUT2D eigenvalue weighted by Crippen LogP contribution is 2.49. The quantitative estimate of drug-likeness (QED) is 0.771. The molecule has 96 valence electrons. The van der Waals surface area contributed by atoms with Gasteiger partial charge in [0.25, 0.3) is 0 Å². The van der Waals surface area contributed by atoms with Crippen LogP contribution in [0.15, 0.2) is 18.2 Å². The first-order valence-electron chi connectivity index (χ1n) is 6.69. The molecule has 2 rings (SSSR count). The van der Waals surface area contributed by atoms with Crippen molar-refractivity contribution in [3.8, 4) is 6.07 Å². The Morgan fingerprint density at radius 1 is 1.44 bits per heavy atom. The van der Waals surface area contributed by atoms with Crippen LogP contribution in [-0.2, 0) is 6.54 Å².